The van der Waals surface area contributed by atoms with Crippen molar-refractivity contribution in [2.75, 3.05) is 11.9 Å². The van der Waals surface area contributed by atoms with Crippen molar-refractivity contribution in [3.63, 3.8) is 0 Å². The van der Waals surface area contributed by atoms with Gasteiger partial charge in [-0.1, -0.05) is 18.5 Å². The number of halogens is 2. The molecule has 0 aliphatic carbocycles. The average molecular weight is 266 g/mol. The number of aromatic nitrogens is 2. The maximum absolute atomic E-state index is 13.2. The molecule has 0 fully saturated rings. The highest BCUT2D eigenvalue weighted by Gasteiger charge is 2.07. The number of anilines is 1. The molecule has 0 aliphatic rings. The Kier molecular flexibility index (Phi) is 4.10. The first-order valence-corrected chi connectivity index (χ1v) is 6.10. The summed E-state index contributed by atoms with van der Waals surface area (Å²) in [4.78, 5) is 7.98. The zero-order valence-electron chi connectivity index (χ0n) is 9.95. The van der Waals surface area contributed by atoms with Crippen molar-refractivity contribution < 1.29 is 4.39 Å². The number of rotatable bonds is 4. The Morgan fingerprint density at radius 3 is 2.94 bits per heavy atom. The van der Waals surface area contributed by atoms with Crippen LogP contribution in [0.25, 0.3) is 11.1 Å². The molecule has 0 atom stereocenters. The number of hydrogen-bond acceptors (Lipinski definition) is 3. The van der Waals surface area contributed by atoms with E-state index in [2.05, 4.69) is 22.2 Å². The second-order valence-electron chi connectivity index (χ2n) is 3.85. The molecule has 2 rings (SSSR count). The summed E-state index contributed by atoms with van der Waals surface area (Å²) in [5.74, 6) is 0.337. The molecule has 0 saturated heterocycles. The van der Waals surface area contributed by atoms with E-state index in [1.54, 1.807) is 12.3 Å². The fourth-order valence-corrected chi connectivity index (χ4v) is 1.79. The monoisotopic (exact) mass is 265 g/mol. The predicted molar refractivity (Wildman–Crippen MR) is 71.2 cm³/mol. The number of nitrogens with zero attached hydrogens (tertiary/aromatic N) is 2. The summed E-state index contributed by atoms with van der Waals surface area (Å²) >= 11 is 5.97. The Balaban J connectivity index is 2.35. The van der Waals surface area contributed by atoms with Crippen LogP contribution < -0.4 is 5.32 Å². The summed E-state index contributed by atoms with van der Waals surface area (Å²) in [6, 6.07) is 4.98. The molecule has 5 heteroatoms. The van der Waals surface area contributed by atoms with E-state index in [9.17, 15) is 4.39 Å². The molecule has 0 aliphatic heterocycles. The highest BCUT2D eigenvalue weighted by Crippen LogP contribution is 2.27. The van der Waals surface area contributed by atoms with Crippen LogP contribution in [0.1, 0.15) is 13.3 Å². The summed E-state index contributed by atoms with van der Waals surface area (Å²) < 4.78 is 13.2. The van der Waals surface area contributed by atoms with Crippen molar-refractivity contribution in [1.29, 1.82) is 0 Å². The molecule has 2 aromatic heterocycles. The smallest absolute Gasteiger partial charge is 0.142 e. The van der Waals surface area contributed by atoms with Gasteiger partial charge in [0.1, 0.15) is 16.8 Å². The van der Waals surface area contributed by atoms with E-state index in [0.717, 1.165) is 30.5 Å². The van der Waals surface area contributed by atoms with Crippen LogP contribution in [-0.2, 0) is 0 Å². The predicted octanol–water partition coefficient (Wildman–Crippen LogP) is 3.76. The quantitative estimate of drug-likeness (QED) is 0.856. The normalized spacial score (nSPS) is 10.4. The van der Waals surface area contributed by atoms with Crippen molar-refractivity contribution in [1.82, 2.24) is 9.97 Å². The first kappa shape index (κ1) is 12.8. The van der Waals surface area contributed by atoms with E-state index in [1.165, 1.54) is 6.07 Å². The summed E-state index contributed by atoms with van der Waals surface area (Å²) in [5, 5.41) is 3.45. The third-order valence-electron chi connectivity index (χ3n) is 2.43. The third kappa shape index (κ3) is 2.96. The summed E-state index contributed by atoms with van der Waals surface area (Å²) in [6.45, 7) is 2.91. The van der Waals surface area contributed by atoms with Gasteiger partial charge in [0, 0.05) is 18.3 Å². The molecule has 2 aromatic rings. The minimum atomic E-state index is -0.408. The standard InChI is InChI=1S/C13H13ClFN3/c1-2-4-16-12-6-9(3-5-17-12)11-7-10(15)8-18-13(11)14/h3,5-8H,2,4H2,1H3,(H,16,17). The zero-order chi connectivity index (χ0) is 13.0. The van der Waals surface area contributed by atoms with Crippen LogP contribution >= 0.6 is 11.6 Å². The molecule has 0 amide bonds. The van der Waals surface area contributed by atoms with Gasteiger partial charge in [0.2, 0.25) is 0 Å². The van der Waals surface area contributed by atoms with Gasteiger partial charge in [0.15, 0.2) is 0 Å². The van der Waals surface area contributed by atoms with Crippen molar-refractivity contribution in [3.05, 3.63) is 41.6 Å². The SMILES string of the molecule is CCCNc1cc(-c2cc(F)cnc2Cl)ccn1. The van der Waals surface area contributed by atoms with Crippen LogP contribution in [0.15, 0.2) is 30.6 Å². The van der Waals surface area contributed by atoms with Gasteiger partial charge in [0.05, 0.1) is 6.20 Å². The van der Waals surface area contributed by atoms with E-state index < -0.39 is 5.82 Å². The molecule has 0 spiro atoms. The Morgan fingerprint density at radius 2 is 2.17 bits per heavy atom. The molecule has 2 heterocycles. The van der Waals surface area contributed by atoms with E-state index in [0.29, 0.717) is 5.56 Å². The van der Waals surface area contributed by atoms with E-state index in [4.69, 9.17) is 11.6 Å². The molecular weight excluding hydrogens is 253 g/mol. The lowest BCUT2D eigenvalue weighted by atomic mass is 10.1. The third-order valence-corrected chi connectivity index (χ3v) is 2.73. The fourth-order valence-electron chi connectivity index (χ4n) is 1.57. The molecular formula is C13H13ClFN3. The van der Waals surface area contributed by atoms with Crippen molar-refractivity contribution in [3.8, 4) is 11.1 Å². The molecule has 18 heavy (non-hydrogen) atoms. The van der Waals surface area contributed by atoms with Crippen molar-refractivity contribution in [2.45, 2.75) is 13.3 Å². The van der Waals surface area contributed by atoms with Gasteiger partial charge in [-0.3, -0.25) is 0 Å². The Labute approximate surface area is 110 Å². The Hall–Kier alpha value is -1.68. The number of hydrogen-bond donors (Lipinski definition) is 1. The first-order chi connectivity index (χ1) is 8.70. The van der Waals surface area contributed by atoms with Gasteiger partial charge in [0.25, 0.3) is 0 Å². The highest BCUT2D eigenvalue weighted by molar-refractivity contribution is 6.32. The Morgan fingerprint density at radius 1 is 1.33 bits per heavy atom. The van der Waals surface area contributed by atoms with Gasteiger partial charge in [-0.15, -0.1) is 0 Å². The second kappa shape index (κ2) is 5.78. The van der Waals surface area contributed by atoms with E-state index >= 15 is 0 Å². The van der Waals surface area contributed by atoms with Gasteiger partial charge in [-0.2, -0.15) is 0 Å². The van der Waals surface area contributed by atoms with Gasteiger partial charge < -0.3 is 5.32 Å². The maximum Gasteiger partial charge on any atom is 0.142 e. The van der Waals surface area contributed by atoms with Crippen molar-refractivity contribution >= 4 is 17.4 Å². The van der Waals surface area contributed by atoms with Crippen LogP contribution in [0.5, 0.6) is 0 Å². The minimum Gasteiger partial charge on any atom is -0.370 e. The molecule has 1 N–H and O–H groups in total. The maximum atomic E-state index is 13.2. The lowest BCUT2D eigenvalue weighted by Gasteiger charge is -2.07. The van der Waals surface area contributed by atoms with Crippen LogP contribution in [0.3, 0.4) is 0 Å². The topological polar surface area (TPSA) is 37.8 Å². The van der Waals surface area contributed by atoms with Crippen LogP contribution in [0.2, 0.25) is 5.15 Å². The number of pyridine rings is 2. The summed E-state index contributed by atoms with van der Waals surface area (Å²) in [5.41, 5.74) is 1.36. The summed E-state index contributed by atoms with van der Waals surface area (Å²) in [7, 11) is 0. The second-order valence-corrected chi connectivity index (χ2v) is 4.21. The molecule has 0 radical (unpaired) electrons. The molecule has 3 nitrogen and oxygen atoms in total. The summed E-state index contributed by atoms with van der Waals surface area (Å²) in [6.07, 6.45) is 3.77. The minimum absolute atomic E-state index is 0.282. The van der Waals surface area contributed by atoms with Crippen LogP contribution in [0.4, 0.5) is 10.2 Å². The largest absolute Gasteiger partial charge is 0.370 e. The van der Waals surface area contributed by atoms with Crippen LogP contribution in [-0.4, -0.2) is 16.5 Å². The molecule has 94 valence electrons. The average Bonchev–Trinajstić information content (AvgIpc) is 2.39. The van der Waals surface area contributed by atoms with E-state index in [-0.39, 0.29) is 5.15 Å². The lowest BCUT2D eigenvalue weighted by Crippen LogP contribution is -2.01. The van der Waals surface area contributed by atoms with Gasteiger partial charge >= 0.3 is 0 Å². The molecule has 0 saturated carbocycles. The number of nitrogens with one attached hydrogen (secondary N) is 1. The van der Waals surface area contributed by atoms with Gasteiger partial charge in [-0.25, -0.2) is 14.4 Å². The zero-order valence-corrected chi connectivity index (χ0v) is 10.7. The molecule has 0 unspecified atom stereocenters. The van der Waals surface area contributed by atoms with Gasteiger partial charge in [-0.05, 0) is 30.2 Å². The molecule has 0 aromatic carbocycles. The first-order valence-electron chi connectivity index (χ1n) is 5.72. The lowest BCUT2D eigenvalue weighted by molar-refractivity contribution is 0.622. The highest BCUT2D eigenvalue weighted by atomic mass is 35.5. The van der Waals surface area contributed by atoms with Crippen molar-refractivity contribution in [2.24, 2.45) is 0 Å². The van der Waals surface area contributed by atoms with Crippen LogP contribution in [0, 0.1) is 5.82 Å². The fraction of sp³-hybridized carbons (Fsp3) is 0.231. The molecule has 0 bridgehead atoms. The Bertz CT molecular complexity index is 546. The van der Waals surface area contributed by atoms with E-state index in [1.807, 2.05) is 6.07 Å².